The Labute approximate surface area is 164 Å². The Morgan fingerprint density at radius 1 is 0.852 bits per heavy atom. The summed E-state index contributed by atoms with van der Waals surface area (Å²) in [5.74, 6) is 0.778. The van der Waals surface area contributed by atoms with Gasteiger partial charge in [0.2, 0.25) is 0 Å². The van der Waals surface area contributed by atoms with Crippen molar-refractivity contribution in [2.75, 3.05) is 52.4 Å². The molecule has 0 unspecified atom stereocenters. The van der Waals surface area contributed by atoms with Gasteiger partial charge in [0.15, 0.2) is 5.57 Å². The van der Waals surface area contributed by atoms with Gasteiger partial charge < -0.3 is 20.0 Å². The maximum absolute atomic E-state index is 9.47. The highest BCUT2D eigenvalue weighted by molar-refractivity contribution is 5.39. The van der Waals surface area contributed by atoms with E-state index in [1.807, 2.05) is 0 Å². The van der Waals surface area contributed by atoms with Crippen LogP contribution in [0.5, 0.6) is 0 Å². The first-order valence-electron chi connectivity index (χ1n) is 10.8. The summed E-state index contributed by atoms with van der Waals surface area (Å²) in [6.07, 6.45) is 9.94. The molecule has 1 N–H and O–H groups in total. The lowest BCUT2D eigenvalue weighted by molar-refractivity contribution is 0.210. The van der Waals surface area contributed by atoms with E-state index >= 15 is 0 Å². The first-order chi connectivity index (χ1) is 13.3. The van der Waals surface area contributed by atoms with E-state index in [2.05, 4.69) is 32.2 Å². The van der Waals surface area contributed by atoms with Crippen molar-refractivity contribution in [3.63, 3.8) is 0 Å². The Morgan fingerprint density at radius 3 is 2.22 bits per heavy atom. The molecule has 148 valence electrons. The van der Waals surface area contributed by atoms with E-state index < -0.39 is 0 Å². The van der Waals surface area contributed by atoms with Gasteiger partial charge in [0.25, 0.3) is 0 Å². The van der Waals surface area contributed by atoms with Crippen LogP contribution >= 0.6 is 0 Å². The summed E-state index contributed by atoms with van der Waals surface area (Å²) < 4.78 is 0. The number of hydrogen-bond acceptors (Lipinski definition) is 6. The fourth-order valence-corrected chi connectivity index (χ4v) is 4.74. The molecule has 0 aromatic carbocycles. The lowest BCUT2D eigenvalue weighted by Crippen LogP contribution is -2.43. The molecule has 3 saturated heterocycles. The van der Waals surface area contributed by atoms with Crippen molar-refractivity contribution in [1.82, 2.24) is 20.0 Å². The van der Waals surface area contributed by atoms with Crippen molar-refractivity contribution in [3.05, 3.63) is 11.4 Å². The lowest BCUT2D eigenvalue weighted by atomic mass is 10.1. The van der Waals surface area contributed by atoms with Crippen LogP contribution in [0.1, 0.15) is 51.4 Å². The van der Waals surface area contributed by atoms with Gasteiger partial charge in [-0.15, -0.1) is 0 Å². The molecule has 0 saturated carbocycles. The minimum Gasteiger partial charge on any atom is -0.370 e. The Kier molecular flexibility index (Phi) is 7.80. The summed E-state index contributed by atoms with van der Waals surface area (Å²) in [5.41, 5.74) is 0.237. The zero-order chi connectivity index (χ0) is 18.9. The molecule has 3 aliphatic rings. The number of piperidine rings is 1. The van der Waals surface area contributed by atoms with Crippen LogP contribution in [0.25, 0.3) is 0 Å². The van der Waals surface area contributed by atoms with Gasteiger partial charge >= 0.3 is 0 Å². The van der Waals surface area contributed by atoms with E-state index in [4.69, 9.17) is 0 Å². The number of hydrogen-bond donors (Lipinski definition) is 1. The molecule has 3 fully saturated rings. The van der Waals surface area contributed by atoms with Crippen LogP contribution in [0.4, 0.5) is 0 Å². The lowest BCUT2D eigenvalue weighted by Gasteiger charge is -2.32. The maximum Gasteiger partial charge on any atom is 0.169 e. The van der Waals surface area contributed by atoms with Crippen molar-refractivity contribution in [2.45, 2.75) is 57.4 Å². The average molecular weight is 371 g/mol. The molecule has 3 aliphatic heterocycles. The summed E-state index contributed by atoms with van der Waals surface area (Å²) in [7, 11) is 0. The van der Waals surface area contributed by atoms with Gasteiger partial charge in [-0.05, 0) is 77.7 Å². The minimum absolute atomic E-state index is 0.237. The SMILES string of the molecule is N#CC(C#N)=C(NCCCN1CCCCC1)N1CCC[C@H]1CN1CCCC1. The van der Waals surface area contributed by atoms with E-state index in [0.717, 1.165) is 51.3 Å². The van der Waals surface area contributed by atoms with Crippen LogP contribution in [0.15, 0.2) is 11.4 Å². The molecule has 0 aliphatic carbocycles. The first kappa shape index (κ1) is 20.0. The second-order valence-corrected chi connectivity index (χ2v) is 8.13. The zero-order valence-electron chi connectivity index (χ0n) is 16.6. The molecule has 27 heavy (non-hydrogen) atoms. The number of likely N-dealkylation sites (tertiary alicyclic amines) is 3. The van der Waals surface area contributed by atoms with E-state index in [1.54, 1.807) is 0 Å². The highest BCUT2D eigenvalue weighted by atomic mass is 15.3. The molecule has 6 heteroatoms. The molecule has 0 amide bonds. The second-order valence-electron chi connectivity index (χ2n) is 8.13. The zero-order valence-corrected chi connectivity index (χ0v) is 16.6. The third-order valence-corrected chi connectivity index (χ3v) is 6.18. The predicted molar refractivity (Wildman–Crippen MR) is 107 cm³/mol. The van der Waals surface area contributed by atoms with Crippen LogP contribution < -0.4 is 5.32 Å². The summed E-state index contributed by atoms with van der Waals surface area (Å²) in [5, 5.41) is 22.4. The van der Waals surface area contributed by atoms with Crippen molar-refractivity contribution in [2.24, 2.45) is 0 Å². The third kappa shape index (κ3) is 5.61. The van der Waals surface area contributed by atoms with Crippen molar-refractivity contribution in [1.29, 1.82) is 10.5 Å². The van der Waals surface area contributed by atoms with Gasteiger partial charge in [-0.2, -0.15) is 10.5 Å². The van der Waals surface area contributed by atoms with Gasteiger partial charge in [-0.3, -0.25) is 0 Å². The van der Waals surface area contributed by atoms with Gasteiger partial charge in [-0.25, -0.2) is 0 Å². The molecule has 0 radical (unpaired) electrons. The van der Waals surface area contributed by atoms with Gasteiger partial charge in [-0.1, -0.05) is 6.42 Å². The Morgan fingerprint density at radius 2 is 1.52 bits per heavy atom. The maximum atomic E-state index is 9.47. The number of rotatable bonds is 8. The quantitative estimate of drug-likeness (QED) is 0.522. The van der Waals surface area contributed by atoms with Crippen molar-refractivity contribution < 1.29 is 0 Å². The van der Waals surface area contributed by atoms with Crippen LogP contribution in [0.2, 0.25) is 0 Å². The van der Waals surface area contributed by atoms with Crippen LogP contribution in [0, 0.1) is 22.7 Å². The Bertz CT molecular complexity index is 558. The predicted octanol–water partition coefficient (Wildman–Crippen LogP) is 2.27. The summed E-state index contributed by atoms with van der Waals surface area (Å²) in [6.45, 7) is 8.75. The Balaban J connectivity index is 1.56. The smallest absolute Gasteiger partial charge is 0.169 e. The molecule has 3 heterocycles. The minimum atomic E-state index is 0.237. The standard InChI is InChI=1S/C21H34N6/c22-16-19(17-23)21(24-9-7-14-25-10-2-1-3-11-25)27-15-6-8-20(27)18-26-12-4-5-13-26/h20,24H,1-15,18H2/t20-/m0/s1. The fraction of sp³-hybridized carbons (Fsp3) is 0.810. The molecule has 0 bridgehead atoms. The van der Waals surface area contributed by atoms with Crippen LogP contribution in [-0.2, 0) is 0 Å². The summed E-state index contributed by atoms with van der Waals surface area (Å²) in [6, 6.07) is 4.67. The molecule has 3 rings (SSSR count). The molecular formula is C21H34N6. The van der Waals surface area contributed by atoms with E-state index in [9.17, 15) is 10.5 Å². The molecule has 6 nitrogen and oxygen atoms in total. The van der Waals surface area contributed by atoms with Crippen LogP contribution in [-0.4, -0.2) is 73.1 Å². The second kappa shape index (κ2) is 10.5. The fourth-order valence-electron chi connectivity index (χ4n) is 4.74. The summed E-state index contributed by atoms with van der Waals surface area (Å²) in [4.78, 5) is 7.38. The summed E-state index contributed by atoms with van der Waals surface area (Å²) >= 11 is 0. The molecule has 1 atom stereocenters. The molecule has 0 aromatic heterocycles. The van der Waals surface area contributed by atoms with Crippen molar-refractivity contribution in [3.8, 4) is 12.1 Å². The Hall–Kier alpha value is -1.76. The van der Waals surface area contributed by atoms with E-state index in [-0.39, 0.29) is 5.57 Å². The third-order valence-electron chi connectivity index (χ3n) is 6.18. The first-order valence-corrected chi connectivity index (χ1v) is 10.8. The van der Waals surface area contributed by atoms with E-state index in [1.165, 1.54) is 58.3 Å². The number of nitriles is 2. The highest BCUT2D eigenvalue weighted by Gasteiger charge is 2.30. The van der Waals surface area contributed by atoms with Gasteiger partial charge in [0.05, 0.1) is 0 Å². The highest BCUT2D eigenvalue weighted by Crippen LogP contribution is 2.25. The molecule has 0 spiro atoms. The van der Waals surface area contributed by atoms with Gasteiger partial charge in [0, 0.05) is 25.7 Å². The van der Waals surface area contributed by atoms with E-state index in [0.29, 0.717) is 6.04 Å². The normalized spacial score (nSPS) is 23.8. The molecular weight excluding hydrogens is 336 g/mol. The number of allylic oxidation sites excluding steroid dienone is 1. The average Bonchev–Trinajstić information content (AvgIpc) is 3.38. The monoisotopic (exact) mass is 370 g/mol. The largest absolute Gasteiger partial charge is 0.370 e. The molecule has 0 aromatic rings. The van der Waals surface area contributed by atoms with Crippen molar-refractivity contribution >= 4 is 0 Å². The topological polar surface area (TPSA) is 69.3 Å². The number of nitrogens with one attached hydrogen (secondary N) is 1. The van der Waals surface area contributed by atoms with Crippen LogP contribution in [0.3, 0.4) is 0 Å². The number of nitrogens with zero attached hydrogens (tertiary/aromatic N) is 5. The van der Waals surface area contributed by atoms with Gasteiger partial charge in [0.1, 0.15) is 18.0 Å².